The van der Waals surface area contributed by atoms with Crippen molar-refractivity contribution in [1.82, 2.24) is 0 Å². The van der Waals surface area contributed by atoms with Crippen LogP contribution in [0.4, 0.5) is 0 Å². The van der Waals surface area contributed by atoms with Crippen LogP contribution in [-0.4, -0.2) is 11.6 Å². The molecule has 0 aliphatic carbocycles. The van der Waals surface area contributed by atoms with E-state index in [1.54, 1.807) is 25.1 Å². The topological polar surface area (TPSA) is 34.1 Å². The van der Waals surface area contributed by atoms with Gasteiger partial charge in [0.25, 0.3) is 0 Å². The van der Waals surface area contributed by atoms with Crippen molar-refractivity contribution < 1.29 is 9.59 Å². The Kier molecular flexibility index (Phi) is 4.26. The van der Waals surface area contributed by atoms with E-state index >= 15 is 0 Å². The van der Waals surface area contributed by atoms with Crippen molar-refractivity contribution in [3.63, 3.8) is 0 Å². The Hall–Kier alpha value is -0.960. The lowest BCUT2D eigenvalue weighted by Gasteiger charge is -2.21. The summed E-state index contributed by atoms with van der Waals surface area (Å²) in [5.74, 6) is -0.738. The van der Waals surface area contributed by atoms with Gasteiger partial charge in [-0.25, -0.2) is 0 Å². The molecule has 2 nitrogen and oxygen atoms in total. The Balaban J connectivity index is 2.95. The number of Topliss-reactive ketones (excluding diaryl/α,β-unsaturated/α-hetero) is 2. The lowest BCUT2D eigenvalue weighted by molar-refractivity contribution is -0.128. The van der Waals surface area contributed by atoms with E-state index in [4.69, 9.17) is 0 Å². The van der Waals surface area contributed by atoms with Crippen molar-refractivity contribution in [3.05, 3.63) is 34.3 Å². The van der Waals surface area contributed by atoms with E-state index in [1.807, 2.05) is 26.8 Å². The van der Waals surface area contributed by atoms with Gasteiger partial charge in [0, 0.05) is 15.5 Å². The number of carbonyl (C=O) groups is 2. The highest BCUT2D eigenvalue weighted by molar-refractivity contribution is 9.10. The second-order valence-electron chi connectivity index (χ2n) is 5.21. The van der Waals surface area contributed by atoms with Crippen LogP contribution in [0.5, 0.6) is 0 Å². The van der Waals surface area contributed by atoms with Crippen LogP contribution in [0, 0.1) is 11.3 Å². The van der Waals surface area contributed by atoms with Crippen molar-refractivity contribution in [2.75, 3.05) is 0 Å². The predicted octanol–water partition coefficient (Wildman–Crippen LogP) is 3.88. The normalized spacial score (nSPS) is 13.2. The third-order valence-electron chi connectivity index (χ3n) is 2.63. The summed E-state index contributed by atoms with van der Waals surface area (Å²) < 4.78 is 0.846. The molecule has 1 unspecified atom stereocenters. The fraction of sp³-hybridized carbons (Fsp3) is 0.429. The lowest BCUT2D eigenvalue weighted by atomic mass is 9.81. The van der Waals surface area contributed by atoms with Gasteiger partial charge in [0.1, 0.15) is 5.78 Å². The van der Waals surface area contributed by atoms with Crippen LogP contribution in [0.2, 0.25) is 0 Å². The van der Waals surface area contributed by atoms with Crippen LogP contribution < -0.4 is 0 Å². The van der Waals surface area contributed by atoms with E-state index in [0.29, 0.717) is 5.56 Å². The monoisotopic (exact) mass is 296 g/mol. The first-order valence-corrected chi connectivity index (χ1v) is 6.37. The van der Waals surface area contributed by atoms with Gasteiger partial charge in [-0.05, 0) is 19.1 Å². The van der Waals surface area contributed by atoms with Crippen LogP contribution in [0.3, 0.4) is 0 Å². The molecule has 0 radical (unpaired) electrons. The summed E-state index contributed by atoms with van der Waals surface area (Å²) in [7, 11) is 0. The molecule has 0 fully saturated rings. The zero-order chi connectivity index (χ0) is 13.2. The summed E-state index contributed by atoms with van der Waals surface area (Å²) in [6, 6.07) is 7.13. The number of carbonyl (C=O) groups excluding carboxylic acids is 2. The average Bonchev–Trinajstić information content (AvgIpc) is 2.25. The highest BCUT2D eigenvalue weighted by atomic mass is 79.9. The zero-order valence-electron chi connectivity index (χ0n) is 10.6. The summed E-state index contributed by atoms with van der Waals surface area (Å²) in [5.41, 5.74) is 0.0886. The SMILES string of the molecule is CC(C(=O)c1cccc(Br)c1)C(=O)C(C)(C)C. The number of rotatable bonds is 3. The third-order valence-corrected chi connectivity index (χ3v) is 3.13. The highest BCUT2D eigenvalue weighted by Gasteiger charge is 2.31. The van der Waals surface area contributed by atoms with Gasteiger partial charge < -0.3 is 0 Å². The van der Waals surface area contributed by atoms with Gasteiger partial charge in [-0.2, -0.15) is 0 Å². The quantitative estimate of drug-likeness (QED) is 0.626. The molecule has 0 N–H and O–H groups in total. The molecule has 1 aromatic rings. The molecule has 0 saturated carbocycles. The maximum Gasteiger partial charge on any atom is 0.173 e. The van der Waals surface area contributed by atoms with Crippen molar-refractivity contribution in [1.29, 1.82) is 0 Å². The van der Waals surface area contributed by atoms with Gasteiger partial charge in [0.15, 0.2) is 5.78 Å². The number of benzene rings is 1. The molecule has 1 atom stereocenters. The van der Waals surface area contributed by atoms with Gasteiger partial charge in [-0.1, -0.05) is 48.8 Å². The molecule has 1 aromatic carbocycles. The van der Waals surface area contributed by atoms with Crippen molar-refractivity contribution in [2.24, 2.45) is 11.3 Å². The molecule has 3 heteroatoms. The number of halogens is 1. The summed E-state index contributed by atoms with van der Waals surface area (Å²) >= 11 is 3.32. The molecule has 0 amide bonds. The minimum absolute atomic E-state index is 0.0255. The molecular formula is C14H17BrO2. The van der Waals surface area contributed by atoms with Crippen molar-refractivity contribution in [3.8, 4) is 0 Å². The van der Waals surface area contributed by atoms with E-state index in [-0.39, 0.29) is 11.6 Å². The molecule has 1 rings (SSSR count). The average molecular weight is 297 g/mol. The molecule has 0 spiro atoms. The molecule has 17 heavy (non-hydrogen) atoms. The second-order valence-corrected chi connectivity index (χ2v) is 6.13. The first-order chi connectivity index (χ1) is 7.73. The van der Waals surface area contributed by atoms with Gasteiger partial charge in [0.05, 0.1) is 5.92 Å². The Morgan fingerprint density at radius 1 is 1.24 bits per heavy atom. The molecule has 92 valence electrons. The van der Waals surface area contributed by atoms with E-state index < -0.39 is 11.3 Å². The molecule has 0 aliphatic rings. The highest BCUT2D eigenvalue weighted by Crippen LogP contribution is 2.23. The summed E-state index contributed by atoms with van der Waals surface area (Å²) in [6.07, 6.45) is 0. The molecule has 0 heterocycles. The maximum atomic E-state index is 12.1. The smallest absolute Gasteiger partial charge is 0.173 e. The molecular weight excluding hydrogens is 280 g/mol. The summed E-state index contributed by atoms with van der Waals surface area (Å²) in [6.45, 7) is 7.18. The summed E-state index contributed by atoms with van der Waals surface area (Å²) in [4.78, 5) is 24.2. The molecule has 0 aliphatic heterocycles. The Bertz CT molecular complexity index is 444. The van der Waals surface area contributed by atoms with Gasteiger partial charge in [0.2, 0.25) is 0 Å². The van der Waals surface area contributed by atoms with Crippen LogP contribution >= 0.6 is 15.9 Å². The van der Waals surface area contributed by atoms with E-state index in [2.05, 4.69) is 15.9 Å². The van der Waals surface area contributed by atoms with E-state index in [1.165, 1.54) is 0 Å². The molecule has 0 aromatic heterocycles. The first kappa shape index (κ1) is 14.1. The van der Waals surface area contributed by atoms with Gasteiger partial charge in [-0.3, -0.25) is 9.59 Å². The minimum Gasteiger partial charge on any atom is -0.298 e. The fourth-order valence-electron chi connectivity index (χ4n) is 1.66. The second kappa shape index (κ2) is 5.13. The standard InChI is InChI=1S/C14H17BrO2/c1-9(13(17)14(2,3)4)12(16)10-6-5-7-11(15)8-10/h5-9H,1-4H3. The molecule has 0 bridgehead atoms. The van der Waals surface area contributed by atoms with E-state index in [0.717, 1.165) is 4.47 Å². The predicted molar refractivity (Wildman–Crippen MR) is 72.1 cm³/mol. The van der Waals surface area contributed by atoms with Crippen LogP contribution in [-0.2, 0) is 4.79 Å². The van der Waals surface area contributed by atoms with Crippen molar-refractivity contribution in [2.45, 2.75) is 27.7 Å². The van der Waals surface area contributed by atoms with Crippen LogP contribution in [0.1, 0.15) is 38.1 Å². The molecule has 0 saturated heterocycles. The van der Waals surface area contributed by atoms with Crippen LogP contribution in [0.25, 0.3) is 0 Å². The number of hydrogen-bond acceptors (Lipinski definition) is 2. The lowest BCUT2D eigenvalue weighted by Crippen LogP contribution is -2.31. The first-order valence-electron chi connectivity index (χ1n) is 5.57. The third kappa shape index (κ3) is 3.50. The fourth-order valence-corrected chi connectivity index (χ4v) is 2.06. The number of hydrogen-bond donors (Lipinski definition) is 0. The largest absolute Gasteiger partial charge is 0.298 e. The van der Waals surface area contributed by atoms with E-state index in [9.17, 15) is 9.59 Å². The Morgan fingerprint density at radius 2 is 1.82 bits per heavy atom. The number of ketones is 2. The van der Waals surface area contributed by atoms with Crippen LogP contribution in [0.15, 0.2) is 28.7 Å². The Morgan fingerprint density at radius 3 is 2.29 bits per heavy atom. The Labute approximate surface area is 111 Å². The van der Waals surface area contributed by atoms with Crippen molar-refractivity contribution >= 4 is 27.5 Å². The van der Waals surface area contributed by atoms with Gasteiger partial charge in [-0.15, -0.1) is 0 Å². The minimum atomic E-state index is -0.593. The maximum absolute atomic E-state index is 12.1. The summed E-state index contributed by atoms with van der Waals surface area (Å²) in [5, 5.41) is 0. The zero-order valence-corrected chi connectivity index (χ0v) is 12.2. The van der Waals surface area contributed by atoms with Gasteiger partial charge >= 0.3 is 0 Å².